The Hall–Kier alpha value is -1.25. The molecular weight excluding hydrogens is 292 g/mol. The number of nitrogens with zero attached hydrogens (tertiary/aromatic N) is 1. The molecule has 2 aromatic rings. The second-order valence-corrected chi connectivity index (χ2v) is 7.02. The van der Waals surface area contributed by atoms with Gasteiger partial charge in [0.25, 0.3) is 0 Å². The Morgan fingerprint density at radius 2 is 2.23 bits per heavy atom. The summed E-state index contributed by atoms with van der Waals surface area (Å²) in [6.45, 7) is 4.30. The summed E-state index contributed by atoms with van der Waals surface area (Å²) in [5.74, 6) is 0.696. The maximum absolute atomic E-state index is 6.10. The summed E-state index contributed by atoms with van der Waals surface area (Å²) in [7, 11) is 0. The Morgan fingerprint density at radius 3 is 3.05 bits per heavy atom. The van der Waals surface area contributed by atoms with Crippen molar-refractivity contribution < 1.29 is 0 Å². The van der Waals surface area contributed by atoms with E-state index in [0.29, 0.717) is 11.9 Å². The van der Waals surface area contributed by atoms with Crippen molar-refractivity contribution in [2.75, 3.05) is 19.0 Å². The van der Waals surface area contributed by atoms with Gasteiger partial charge in [-0.1, -0.05) is 37.3 Å². The first-order chi connectivity index (χ1) is 10.8. The van der Waals surface area contributed by atoms with Crippen LogP contribution in [0.25, 0.3) is 10.9 Å². The minimum Gasteiger partial charge on any atom is -0.358 e. The first-order valence-corrected chi connectivity index (χ1v) is 8.90. The van der Waals surface area contributed by atoms with Gasteiger partial charge in [0.2, 0.25) is 0 Å². The number of aryl methyl sites for hydroxylation is 1. The third-order valence-corrected chi connectivity index (χ3v) is 5.84. The maximum Gasteiger partial charge on any atom is 0.0466 e. The quantitative estimate of drug-likeness (QED) is 0.644. The molecule has 116 valence electrons. The monoisotopic (exact) mass is 314 g/mol. The number of H-pyrrole nitrogens is 1. The number of hydrogen-bond donors (Lipinski definition) is 1. The summed E-state index contributed by atoms with van der Waals surface area (Å²) in [6, 6.07) is 9.21. The lowest BCUT2D eigenvalue weighted by Gasteiger charge is -2.50. The van der Waals surface area contributed by atoms with Gasteiger partial charge in [-0.2, -0.15) is 0 Å². The largest absolute Gasteiger partial charge is 0.358 e. The van der Waals surface area contributed by atoms with Gasteiger partial charge in [0, 0.05) is 47.0 Å². The molecule has 0 amide bonds. The molecule has 4 rings (SSSR count). The minimum atomic E-state index is 0.266. The number of para-hydroxylation sites is 1. The number of aromatic amines is 1. The van der Waals surface area contributed by atoms with E-state index in [9.17, 15) is 0 Å². The molecule has 0 unspecified atom stereocenters. The number of benzene rings is 1. The molecule has 1 N–H and O–H groups in total. The van der Waals surface area contributed by atoms with Crippen molar-refractivity contribution >= 4 is 22.5 Å². The van der Waals surface area contributed by atoms with Gasteiger partial charge < -0.3 is 4.98 Å². The minimum absolute atomic E-state index is 0.266. The van der Waals surface area contributed by atoms with Crippen LogP contribution in [-0.2, 0) is 6.42 Å². The maximum atomic E-state index is 6.10. The normalized spacial score (nSPS) is 27.8. The highest BCUT2D eigenvalue weighted by Gasteiger charge is 2.46. The predicted molar refractivity (Wildman–Crippen MR) is 93.5 cm³/mol. The fraction of sp³-hybridized carbons (Fsp3) is 0.474. The number of nitrogens with one attached hydrogen (secondary N) is 1. The standard InChI is InChI=1S/C19H23ClN2/c1-2-19-9-5-12-22(13-11-20)18(19)17-14-6-3-4-7-15(14)21-16(17)8-10-19/h3-7,9,18,21H,2,8,10-13H2,1H3/t18-,19+/m1/s1. The molecule has 0 saturated heterocycles. The molecule has 1 aliphatic heterocycles. The summed E-state index contributed by atoms with van der Waals surface area (Å²) in [5, 5.41) is 1.40. The highest BCUT2D eigenvalue weighted by Crippen LogP contribution is 2.53. The zero-order chi connectivity index (χ0) is 15.2. The van der Waals surface area contributed by atoms with Crippen LogP contribution in [0.3, 0.4) is 0 Å². The number of rotatable bonds is 3. The lowest BCUT2D eigenvalue weighted by Crippen LogP contribution is -2.46. The van der Waals surface area contributed by atoms with Gasteiger partial charge >= 0.3 is 0 Å². The molecule has 2 atom stereocenters. The van der Waals surface area contributed by atoms with E-state index in [4.69, 9.17) is 11.6 Å². The van der Waals surface area contributed by atoms with Gasteiger partial charge in [0.05, 0.1) is 0 Å². The van der Waals surface area contributed by atoms with Crippen LogP contribution in [0.4, 0.5) is 0 Å². The summed E-state index contributed by atoms with van der Waals surface area (Å²) in [6.07, 6.45) is 8.40. The van der Waals surface area contributed by atoms with E-state index >= 15 is 0 Å². The second kappa shape index (κ2) is 5.43. The molecule has 0 fully saturated rings. The van der Waals surface area contributed by atoms with Crippen molar-refractivity contribution in [2.24, 2.45) is 5.41 Å². The molecular formula is C19H23ClN2. The van der Waals surface area contributed by atoms with Gasteiger partial charge in [-0.15, -0.1) is 11.6 Å². The second-order valence-electron chi connectivity index (χ2n) is 6.64. The average molecular weight is 315 g/mol. The molecule has 0 spiro atoms. The smallest absolute Gasteiger partial charge is 0.0466 e. The Kier molecular flexibility index (Phi) is 3.54. The Morgan fingerprint density at radius 1 is 1.36 bits per heavy atom. The van der Waals surface area contributed by atoms with Crippen molar-refractivity contribution in [2.45, 2.75) is 32.2 Å². The topological polar surface area (TPSA) is 19.0 Å². The average Bonchev–Trinajstić information content (AvgIpc) is 2.93. The molecule has 0 saturated carbocycles. The van der Waals surface area contributed by atoms with Gasteiger partial charge in [0.1, 0.15) is 0 Å². The molecule has 22 heavy (non-hydrogen) atoms. The zero-order valence-corrected chi connectivity index (χ0v) is 13.9. The summed E-state index contributed by atoms with van der Waals surface area (Å²) < 4.78 is 0. The molecule has 3 heteroatoms. The molecule has 2 aliphatic rings. The van der Waals surface area contributed by atoms with Crippen molar-refractivity contribution in [3.8, 4) is 0 Å². The molecule has 0 bridgehead atoms. The molecule has 1 aromatic heterocycles. The molecule has 2 heterocycles. The van der Waals surface area contributed by atoms with Crippen LogP contribution in [0.5, 0.6) is 0 Å². The zero-order valence-electron chi connectivity index (χ0n) is 13.1. The van der Waals surface area contributed by atoms with E-state index < -0.39 is 0 Å². The van der Waals surface area contributed by atoms with Crippen molar-refractivity contribution in [1.29, 1.82) is 0 Å². The summed E-state index contributed by atoms with van der Waals surface area (Å²) in [5.41, 5.74) is 4.51. The SMILES string of the molecule is CC[C@@]12C=CCN(CCCl)[C@@H]1c1c([nH]c3ccccc13)CC2. The number of aromatic nitrogens is 1. The predicted octanol–water partition coefficient (Wildman–Crippen LogP) is 4.66. The van der Waals surface area contributed by atoms with Crippen LogP contribution >= 0.6 is 11.6 Å². The van der Waals surface area contributed by atoms with Crippen LogP contribution in [0.1, 0.15) is 37.1 Å². The van der Waals surface area contributed by atoms with Crippen molar-refractivity contribution in [3.63, 3.8) is 0 Å². The van der Waals surface area contributed by atoms with E-state index in [1.165, 1.54) is 35.0 Å². The summed E-state index contributed by atoms with van der Waals surface area (Å²) >= 11 is 6.10. The fourth-order valence-electron chi connectivity index (χ4n) is 4.58. The van der Waals surface area contributed by atoms with Crippen LogP contribution < -0.4 is 0 Å². The molecule has 1 aliphatic carbocycles. The van der Waals surface area contributed by atoms with E-state index in [1.807, 2.05) is 0 Å². The number of hydrogen-bond acceptors (Lipinski definition) is 1. The highest BCUT2D eigenvalue weighted by atomic mass is 35.5. The lowest BCUT2D eigenvalue weighted by atomic mass is 9.65. The first kappa shape index (κ1) is 14.3. The van der Waals surface area contributed by atoms with Crippen LogP contribution in [0.15, 0.2) is 36.4 Å². The number of alkyl halides is 1. The van der Waals surface area contributed by atoms with Gasteiger partial charge in [0.15, 0.2) is 0 Å². The van der Waals surface area contributed by atoms with Crippen molar-refractivity contribution in [3.05, 3.63) is 47.7 Å². The molecule has 2 nitrogen and oxygen atoms in total. The fourth-order valence-corrected chi connectivity index (χ4v) is 4.79. The lowest BCUT2D eigenvalue weighted by molar-refractivity contribution is 0.0784. The Balaban J connectivity index is 1.93. The molecule has 1 aromatic carbocycles. The van der Waals surface area contributed by atoms with Gasteiger partial charge in [-0.25, -0.2) is 0 Å². The Bertz CT molecular complexity index is 717. The van der Waals surface area contributed by atoms with Crippen LogP contribution in [0.2, 0.25) is 0 Å². The molecule has 0 radical (unpaired) electrons. The third-order valence-electron chi connectivity index (χ3n) is 5.67. The van der Waals surface area contributed by atoms with Crippen molar-refractivity contribution in [1.82, 2.24) is 9.88 Å². The van der Waals surface area contributed by atoms with E-state index in [0.717, 1.165) is 19.5 Å². The number of fused-ring (bicyclic) bond motifs is 5. The van der Waals surface area contributed by atoms with E-state index in [1.54, 1.807) is 0 Å². The van der Waals surface area contributed by atoms with Gasteiger partial charge in [-0.05, 0) is 30.9 Å². The summed E-state index contributed by atoms with van der Waals surface area (Å²) in [4.78, 5) is 6.25. The van der Waals surface area contributed by atoms with Crippen LogP contribution in [-0.4, -0.2) is 28.9 Å². The first-order valence-electron chi connectivity index (χ1n) is 8.36. The van der Waals surface area contributed by atoms with E-state index in [-0.39, 0.29) is 5.41 Å². The van der Waals surface area contributed by atoms with Gasteiger partial charge in [-0.3, -0.25) is 4.90 Å². The Labute approximate surface area is 137 Å². The number of halogens is 1. The highest BCUT2D eigenvalue weighted by molar-refractivity contribution is 6.18. The van der Waals surface area contributed by atoms with Crippen LogP contribution in [0, 0.1) is 5.41 Å². The third kappa shape index (κ3) is 1.97. The van der Waals surface area contributed by atoms with E-state index in [2.05, 4.69) is 53.2 Å².